The summed E-state index contributed by atoms with van der Waals surface area (Å²) in [7, 11) is 0. The molecule has 3 heterocycles. The second kappa shape index (κ2) is 3.57. The number of aromatic nitrogens is 3. The first-order valence-corrected chi connectivity index (χ1v) is 5.68. The summed E-state index contributed by atoms with van der Waals surface area (Å²) in [5.74, 6) is 2.31. The molecule has 82 valence electrons. The van der Waals surface area contributed by atoms with E-state index in [1.165, 1.54) is 0 Å². The van der Waals surface area contributed by atoms with E-state index in [0.717, 1.165) is 50.4 Å². The first kappa shape index (κ1) is 9.30. The van der Waals surface area contributed by atoms with Gasteiger partial charge in [-0.05, 0) is 25.8 Å². The van der Waals surface area contributed by atoms with Crippen molar-refractivity contribution in [3.8, 4) is 0 Å². The number of hydrogen-bond acceptors (Lipinski definition) is 4. The van der Waals surface area contributed by atoms with E-state index in [2.05, 4.69) is 15.4 Å². The van der Waals surface area contributed by atoms with Crippen LogP contribution < -0.4 is 5.32 Å². The Morgan fingerprint density at radius 2 is 2.33 bits per heavy atom. The molecular weight excluding hydrogens is 192 g/mol. The third-order valence-electron chi connectivity index (χ3n) is 3.29. The fraction of sp³-hybridized carbons (Fsp3) is 0.800. The molecule has 2 aliphatic heterocycles. The van der Waals surface area contributed by atoms with Crippen LogP contribution in [0.3, 0.4) is 0 Å². The lowest BCUT2D eigenvalue weighted by atomic mass is 10.1. The average molecular weight is 208 g/mol. The molecule has 2 aliphatic rings. The minimum atomic E-state index is -0.454. The third-order valence-corrected chi connectivity index (χ3v) is 3.29. The normalized spacial score (nSPS) is 30.5. The van der Waals surface area contributed by atoms with Crippen LogP contribution in [-0.2, 0) is 6.42 Å². The number of aliphatic hydroxyl groups excluding tert-OH is 1. The molecule has 2 unspecified atom stereocenters. The van der Waals surface area contributed by atoms with Crippen molar-refractivity contribution in [1.29, 1.82) is 0 Å². The van der Waals surface area contributed by atoms with E-state index in [1.807, 2.05) is 0 Å². The summed E-state index contributed by atoms with van der Waals surface area (Å²) in [5, 5.41) is 17.5. The SMILES string of the molecule is OC1CCCc2nc(C3CCNC3)nn21. The van der Waals surface area contributed by atoms with Gasteiger partial charge in [0.2, 0.25) is 0 Å². The lowest BCUT2D eigenvalue weighted by Crippen LogP contribution is -2.18. The van der Waals surface area contributed by atoms with E-state index >= 15 is 0 Å². The monoisotopic (exact) mass is 208 g/mol. The van der Waals surface area contributed by atoms with Crippen LogP contribution in [0.25, 0.3) is 0 Å². The second-order valence-corrected chi connectivity index (χ2v) is 4.39. The minimum Gasteiger partial charge on any atom is -0.372 e. The second-order valence-electron chi connectivity index (χ2n) is 4.39. The maximum Gasteiger partial charge on any atom is 0.155 e. The van der Waals surface area contributed by atoms with Gasteiger partial charge in [0.25, 0.3) is 0 Å². The van der Waals surface area contributed by atoms with Gasteiger partial charge in [-0.1, -0.05) is 0 Å². The van der Waals surface area contributed by atoms with Gasteiger partial charge < -0.3 is 10.4 Å². The molecule has 0 amide bonds. The van der Waals surface area contributed by atoms with Crippen LogP contribution in [0.1, 0.15) is 43.1 Å². The molecule has 0 aromatic carbocycles. The zero-order chi connectivity index (χ0) is 10.3. The first-order valence-electron chi connectivity index (χ1n) is 5.68. The number of nitrogens with zero attached hydrogens (tertiary/aromatic N) is 3. The number of aliphatic hydroxyl groups is 1. The van der Waals surface area contributed by atoms with Crippen molar-refractivity contribution in [3.63, 3.8) is 0 Å². The summed E-state index contributed by atoms with van der Waals surface area (Å²) in [6, 6.07) is 0. The maximum atomic E-state index is 9.76. The van der Waals surface area contributed by atoms with E-state index in [4.69, 9.17) is 0 Å². The summed E-state index contributed by atoms with van der Waals surface area (Å²) in [6.07, 6.45) is 3.43. The van der Waals surface area contributed by atoms with Crippen LogP contribution in [0.4, 0.5) is 0 Å². The molecule has 0 bridgehead atoms. The zero-order valence-electron chi connectivity index (χ0n) is 8.69. The number of aryl methyl sites for hydroxylation is 1. The van der Waals surface area contributed by atoms with E-state index < -0.39 is 6.23 Å². The van der Waals surface area contributed by atoms with Gasteiger partial charge in [-0.25, -0.2) is 9.67 Å². The maximum absolute atomic E-state index is 9.76. The molecule has 1 saturated heterocycles. The van der Waals surface area contributed by atoms with Gasteiger partial charge in [0.05, 0.1) is 0 Å². The topological polar surface area (TPSA) is 63.0 Å². The molecule has 5 nitrogen and oxygen atoms in total. The molecule has 2 atom stereocenters. The highest BCUT2D eigenvalue weighted by atomic mass is 16.3. The largest absolute Gasteiger partial charge is 0.372 e. The summed E-state index contributed by atoms with van der Waals surface area (Å²) in [4.78, 5) is 4.54. The van der Waals surface area contributed by atoms with E-state index in [1.54, 1.807) is 4.68 Å². The van der Waals surface area contributed by atoms with Gasteiger partial charge in [0.1, 0.15) is 12.1 Å². The Morgan fingerprint density at radius 3 is 3.07 bits per heavy atom. The van der Waals surface area contributed by atoms with Crippen molar-refractivity contribution in [3.05, 3.63) is 11.6 Å². The molecule has 0 radical (unpaired) electrons. The summed E-state index contributed by atoms with van der Waals surface area (Å²) < 4.78 is 1.71. The zero-order valence-corrected chi connectivity index (χ0v) is 8.69. The highest BCUT2D eigenvalue weighted by Crippen LogP contribution is 2.25. The van der Waals surface area contributed by atoms with E-state index in [0.29, 0.717) is 5.92 Å². The predicted octanol–water partition coefficient (Wildman–Crippen LogP) is 0.182. The molecule has 2 N–H and O–H groups in total. The van der Waals surface area contributed by atoms with Crippen molar-refractivity contribution < 1.29 is 5.11 Å². The Bertz CT molecular complexity index is 356. The highest BCUT2D eigenvalue weighted by molar-refractivity contribution is 5.04. The number of nitrogens with one attached hydrogen (secondary N) is 1. The molecule has 3 rings (SSSR count). The Hall–Kier alpha value is -0.940. The van der Waals surface area contributed by atoms with Gasteiger partial charge in [0, 0.05) is 18.9 Å². The van der Waals surface area contributed by atoms with Crippen molar-refractivity contribution in [2.24, 2.45) is 0 Å². The van der Waals surface area contributed by atoms with Crippen LogP contribution in [0.5, 0.6) is 0 Å². The van der Waals surface area contributed by atoms with E-state index in [9.17, 15) is 5.11 Å². The smallest absolute Gasteiger partial charge is 0.155 e. The lowest BCUT2D eigenvalue weighted by molar-refractivity contribution is 0.0643. The standard InChI is InChI=1S/C10H16N4O/c15-9-3-1-2-8-12-10(13-14(8)9)7-4-5-11-6-7/h7,9,11,15H,1-6H2. The molecule has 1 fully saturated rings. The number of hydrogen-bond donors (Lipinski definition) is 2. The number of fused-ring (bicyclic) bond motifs is 1. The molecule has 5 heteroatoms. The van der Waals surface area contributed by atoms with Gasteiger partial charge in [-0.2, -0.15) is 5.10 Å². The Morgan fingerprint density at radius 1 is 1.40 bits per heavy atom. The molecule has 15 heavy (non-hydrogen) atoms. The van der Waals surface area contributed by atoms with Crippen LogP contribution >= 0.6 is 0 Å². The summed E-state index contributed by atoms with van der Waals surface area (Å²) in [5.41, 5.74) is 0. The molecular formula is C10H16N4O. The van der Waals surface area contributed by atoms with Crippen LogP contribution in [0.15, 0.2) is 0 Å². The fourth-order valence-electron chi connectivity index (χ4n) is 2.40. The van der Waals surface area contributed by atoms with Crippen molar-refractivity contribution >= 4 is 0 Å². The molecule has 0 saturated carbocycles. The predicted molar refractivity (Wildman–Crippen MR) is 54.4 cm³/mol. The van der Waals surface area contributed by atoms with Crippen LogP contribution in [-0.4, -0.2) is 33.0 Å². The fourth-order valence-corrected chi connectivity index (χ4v) is 2.40. The molecule has 1 aromatic rings. The van der Waals surface area contributed by atoms with Gasteiger partial charge in [-0.15, -0.1) is 0 Å². The minimum absolute atomic E-state index is 0.440. The summed E-state index contributed by atoms with van der Waals surface area (Å²) >= 11 is 0. The van der Waals surface area contributed by atoms with Gasteiger partial charge >= 0.3 is 0 Å². The van der Waals surface area contributed by atoms with Crippen molar-refractivity contribution in [1.82, 2.24) is 20.1 Å². The quantitative estimate of drug-likeness (QED) is 0.691. The van der Waals surface area contributed by atoms with Gasteiger partial charge in [0.15, 0.2) is 5.82 Å². The van der Waals surface area contributed by atoms with Crippen LogP contribution in [0.2, 0.25) is 0 Å². The average Bonchev–Trinajstić information content (AvgIpc) is 2.86. The van der Waals surface area contributed by atoms with Crippen molar-refractivity contribution in [2.75, 3.05) is 13.1 Å². The Balaban J connectivity index is 1.90. The Kier molecular flexibility index (Phi) is 2.21. The van der Waals surface area contributed by atoms with Gasteiger partial charge in [-0.3, -0.25) is 0 Å². The van der Waals surface area contributed by atoms with E-state index in [-0.39, 0.29) is 0 Å². The number of rotatable bonds is 1. The molecule has 0 spiro atoms. The van der Waals surface area contributed by atoms with Crippen molar-refractivity contribution in [2.45, 2.75) is 37.8 Å². The lowest BCUT2D eigenvalue weighted by Gasteiger charge is -2.17. The first-order chi connectivity index (χ1) is 7.34. The summed E-state index contributed by atoms with van der Waals surface area (Å²) in [6.45, 7) is 2.02. The Labute approximate surface area is 88.5 Å². The highest BCUT2D eigenvalue weighted by Gasteiger charge is 2.26. The molecule has 1 aromatic heterocycles. The van der Waals surface area contributed by atoms with Crippen LogP contribution in [0, 0.1) is 0 Å². The third kappa shape index (κ3) is 1.55. The molecule has 0 aliphatic carbocycles.